The molecule has 0 saturated carbocycles. The Morgan fingerprint density at radius 3 is 2.51 bits per heavy atom. The zero-order chi connectivity index (χ0) is 24.6. The molecule has 0 aliphatic carbocycles. The number of benzene rings is 3. The molecule has 0 unspecified atom stereocenters. The average Bonchev–Trinajstić information content (AvgIpc) is 3.41. The van der Waals surface area contributed by atoms with Crippen LogP contribution < -0.4 is 14.5 Å². The van der Waals surface area contributed by atoms with Crippen molar-refractivity contribution in [2.75, 3.05) is 11.4 Å². The van der Waals surface area contributed by atoms with E-state index in [1.165, 1.54) is 12.1 Å². The maximum atomic E-state index is 13.0. The Morgan fingerprint density at radius 1 is 0.971 bits per heavy atom. The lowest BCUT2D eigenvalue weighted by molar-refractivity contribution is -0.117. The summed E-state index contributed by atoms with van der Waals surface area (Å²) in [7, 11) is -3.81. The fourth-order valence-electron chi connectivity index (χ4n) is 4.15. The number of carbonyl (C=O) groups excluding carboxylic acids is 1. The van der Waals surface area contributed by atoms with E-state index in [4.69, 9.17) is 11.6 Å². The van der Waals surface area contributed by atoms with Crippen LogP contribution in [0.15, 0.2) is 76.4 Å². The number of hydrogen-bond acceptors (Lipinski definition) is 5. The van der Waals surface area contributed by atoms with E-state index in [1.54, 1.807) is 27.7 Å². The molecule has 35 heavy (non-hydrogen) atoms. The third-order valence-corrected chi connectivity index (χ3v) is 8.56. The van der Waals surface area contributed by atoms with Crippen LogP contribution >= 0.6 is 22.9 Å². The molecule has 3 aromatic carbocycles. The van der Waals surface area contributed by atoms with Crippen molar-refractivity contribution >= 4 is 54.8 Å². The van der Waals surface area contributed by atoms with E-state index in [9.17, 15) is 18.0 Å². The molecule has 1 saturated heterocycles. The minimum absolute atomic E-state index is 0.0815. The number of sulfonamides is 1. The van der Waals surface area contributed by atoms with Gasteiger partial charge in [-0.2, -0.15) is 0 Å². The summed E-state index contributed by atoms with van der Waals surface area (Å²) in [5.74, 6) is 0.0815. The molecule has 0 spiro atoms. The van der Waals surface area contributed by atoms with Gasteiger partial charge in [-0.3, -0.25) is 14.2 Å². The van der Waals surface area contributed by atoms with E-state index < -0.39 is 10.0 Å². The highest BCUT2D eigenvalue weighted by Crippen LogP contribution is 2.24. The molecular weight excluding hydrogens is 506 g/mol. The molecule has 4 aromatic rings. The zero-order valence-electron chi connectivity index (χ0n) is 18.6. The maximum Gasteiger partial charge on any atom is 0.308 e. The summed E-state index contributed by atoms with van der Waals surface area (Å²) in [4.78, 5) is 26.3. The SMILES string of the molecule is O=C1CCCN1c1cccc(CNS(=O)(=O)c2ccc3c(c2)sc(=O)n3Cc2ccc(Cl)cc2)c1. The Bertz CT molecular complexity index is 1580. The van der Waals surface area contributed by atoms with Crippen LogP contribution in [0.25, 0.3) is 10.2 Å². The molecule has 1 fully saturated rings. The number of hydrogen-bond donors (Lipinski definition) is 1. The summed E-state index contributed by atoms with van der Waals surface area (Å²) >= 11 is 6.96. The van der Waals surface area contributed by atoms with Crippen molar-refractivity contribution in [2.24, 2.45) is 0 Å². The highest BCUT2D eigenvalue weighted by Gasteiger charge is 2.22. The third kappa shape index (κ3) is 5.04. The van der Waals surface area contributed by atoms with Gasteiger partial charge in [-0.1, -0.05) is 47.2 Å². The van der Waals surface area contributed by atoms with Crippen LogP contribution in [0.3, 0.4) is 0 Å². The van der Waals surface area contributed by atoms with Crippen LogP contribution in [-0.2, 0) is 27.9 Å². The number of nitrogens with zero attached hydrogens (tertiary/aromatic N) is 2. The largest absolute Gasteiger partial charge is 0.312 e. The van der Waals surface area contributed by atoms with Gasteiger partial charge < -0.3 is 4.90 Å². The molecule has 0 bridgehead atoms. The molecule has 180 valence electrons. The molecule has 1 aromatic heterocycles. The molecule has 5 rings (SSSR count). The van der Waals surface area contributed by atoms with Crippen molar-refractivity contribution in [2.45, 2.75) is 30.8 Å². The smallest absolute Gasteiger partial charge is 0.308 e. The van der Waals surface area contributed by atoms with Gasteiger partial charge in [-0.25, -0.2) is 13.1 Å². The second kappa shape index (κ2) is 9.58. The van der Waals surface area contributed by atoms with Crippen molar-refractivity contribution in [1.82, 2.24) is 9.29 Å². The van der Waals surface area contributed by atoms with E-state index in [0.29, 0.717) is 34.7 Å². The van der Waals surface area contributed by atoms with Crippen molar-refractivity contribution in [3.63, 3.8) is 0 Å². The predicted octanol–water partition coefficient (Wildman–Crippen LogP) is 4.37. The first-order chi connectivity index (χ1) is 16.8. The molecule has 1 aliphatic rings. The van der Waals surface area contributed by atoms with Crippen LogP contribution in [0.1, 0.15) is 24.0 Å². The van der Waals surface area contributed by atoms with Crippen molar-refractivity contribution in [1.29, 1.82) is 0 Å². The monoisotopic (exact) mass is 527 g/mol. The fourth-order valence-corrected chi connectivity index (χ4v) is 6.33. The number of anilines is 1. The molecule has 7 nitrogen and oxygen atoms in total. The Balaban J connectivity index is 1.35. The maximum absolute atomic E-state index is 13.0. The van der Waals surface area contributed by atoms with Crippen LogP contribution in [-0.4, -0.2) is 25.4 Å². The Hall–Kier alpha value is -2.98. The molecule has 1 amide bonds. The molecule has 0 radical (unpaired) electrons. The van der Waals surface area contributed by atoms with Gasteiger partial charge in [0.15, 0.2) is 0 Å². The molecular formula is C25H22ClN3O4S2. The first-order valence-electron chi connectivity index (χ1n) is 11.1. The summed E-state index contributed by atoms with van der Waals surface area (Å²) in [6.45, 7) is 1.13. The van der Waals surface area contributed by atoms with E-state index in [-0.39, 0.29) is 22.2 Å². The van der Waals surface area contributed by atoms with Gasteiger partial charge in [-0.05, 0) is 60.0 Å². The van der Waals surface area contributed by atoms with Gasteiger partial charge in [0.2, 0.25) is 15.9 Å². The minimum Gasteiger partial charge on any atom is -0.312 e. The quantitative estimate of drug-likeness (QED) is 0.386. The number of thiazole rings is 1. The van der Waals surface area contributed by atoms with Crippen LogP contribution in [0.4, 0.5) is 5.69 Å². The molecule has 1 aliphatic heterocycles. The van der Waals surface area contributed by atoms with Crippen molar-refractivity contribution < 1.29 is 13.2 Å². The highest BCUT2D eigenvalue weighted by atomic mass is 35.5. The molecule has 10 heteroatoms. The van der Waals surface area contributed by atoms with Gasteiger partial charge in [0.25, 0.3) is 0 Å². The summed E-state index contributed by atoms with van der Waals surface area (Å²) in [5, 5.41) is 0.620. The number of nitrogens with one attached hydrogen (secondary N) is 1. The van der Waals surface area contributed by atoms with E-state index in [1.807, 2.05) is 36.4 Å². The number of halogens is 1. The highest BCUT2D eigenvalue weighted by molar-refractivity contribution is 7.89. The Kier molecular flexibility index (Phi) is 6.50. The van der Waals surface area contributed by atoms with Crippen LogP contribution in [0.2, 0.25) is 5.02 Å². The van der Waals surface area contributed by atoms with Crippen molar-refractivity contribution in [3.05, 3.63) is 92.5 Å². The fraction of sp³-hybridized carbons (Fsp3) is 0.200. The summed E-state index contributed by atoms with van der Waals surface area (Å²) in [5.41, 5.74) is 3.13. The zero-order valence-corrected chi connectivity index (χ0v) is 21.0. The van der Waals surface area contributed by atoms with E-state index >= 15 is 0 Å². The lowest BCUT2D eigenvalue weighted by Gasteiger charge is -2.16. The predicted molar refractivity (Wildman–Crippen MR) is 139 cm³/mol. The average molecular weight is 528 g/mol. The van der Waals surface area contributed by atoms with Gasteiger partial charge in [-0.15, -0.1) is 0 Å². The second-order valence-electron chi connectivity index (χ2n) is 8.35. The molecule has 2 heterocycles. The van der Waals surface area contributed by atoms with Gasteiger partial charge in [0.05, 0.1) is 21.7 Å². The van der Waals surface area contributed by atoms with Gasteiger partial charge in [0, 0.05) is 30.2 Å². The standard InChI is InChI=1S/C25H22ClN3O4S2/c26-19-8-6-17(7-9-19)16-29-22-11-10-21(14-23(22)34-25(29)31)35(32,33)27-15-18-3-1-4-20(13-18)28-12-2-5-24(28)30/h1,3-4,6-11,13-14,27H,2,5,12,15-16H2. The first kappa shape index (κ1) is 23.7. The van der Waals surface area contributed by atoms with E-state index in [0.717, 1.165) is 34.6 Å². The topological polar surface area (TPSA) is 88.5 Å². The van der Waals surface area contributed by atoms with Crippen LogP contribution in [0, 0.1) is 0 Å². The lowest BCUT2D eigenvalue weighted by Crippen LogP contribution is -2.25. The normalized spacial score (nSPS) is 14.2. The van der Waals surface area contributed by atoms with Crippen molar-refractivity contribution in [3.8, 4) is 0 Å². The Labute approximate surface area is 211 Å². The number of amides is 1. The minimum atomic E-state index is -3.81. The summed E-state index contributed by atoms with van der Waals surface area (Å²) in [6, 6.07) is 19.3. The number of fused-ring (bicyclic) bond motifs is 1. The van der Waals surface area contributed by atoms with Gasteiger partial charge >= 0.3 is 4.87 Å². The van der Waals surface area contributed by atoms with Gasteiger partial charge in [0.1, 0.15) is 0 Å². The number of aromatic nitrogens is 1. The van der Waals surface area contributed by atoms with Crippen LogP contribution in [0.5, 0.6) is 0 Å². The summed E-state index contributed by atoms with van der Waals surface area (Å²) < 4.78 is 30.8. The molecule has 0 atom stereocenters. The third-order valence-electron chi connectivity index (χ3n) is 5.97. The first-order valence-corrected chi connectivity index (χ1v) is 13.7. The number of carbonyl (C=O) groups is 1. The second-order valence-corrected chi connectivity index (χ2v) is 11.6. The Morgan fingerprint density at radius 2 is 1.77 bits per heavy atom. The molecule has 1 N–H and O–H groups in total. The number of rotatable bonds is 7. The summed E-state index contributed by atoms with van der Waals surface area (Å²) in [6.07, 6.45) is 1.36. The lowest BCUT2D eigenvalue weighted by atomic mass is 10.2. The van der Waals surface area contributed by atoms with E-state index in [2.05, 4.69) is 4.72 Å².